The molecular formula is C35H41BrClN3O5. The number of anilines is 1. The zero-order valence-corrected chi connectivity index (χ0v) is 28.1. The van der Waals surface area contributed by atoms with E-state index in [1.807, 2.05) is 56.3 Å². The highest BCUT2D eigenvalue weighted by atomic mass is 79.9. The number of alkyl halides is 1. The number of halogens is 2. The molecule has 10 heteroatoms. The highest BCUT2D eigenvalue weighted by molar-refractivity contribution is 9.09. The summed E-state index contributed by atoms with van der Waals surface area (Å²) in [6, 6.07) is 13.1. The van der Waals surface area contributed by atoms with Crippen molar-refractivity contribution < 1.29 is 24.2 Å². The Morgan fingerprint density at radius 3 is 2.49 bits per heavy atom. The molecule has 0 saturated carbocycles. The van der Waals surface area contributed by atoms with Gasteiger partial charge in [0.15, 0.2) is 0 Å². The third kappa shape index (κ3) is 5.77. The zero-order chi connectivity index (χ0) is 32.5. The molecular weight excluding hydrogens is 658 g/mol. The number of hydrogen-bond acceptors (Lipinski definition) is 5. The number of benzene rings is 2. The maximum atomic E-state index is 15.1. The Kier molecular flexibility index (Phi) is 10.2. The highest BCUT2D eigenvalue weighted by Gasteiger charge is 2.77. The van der Waals surface area contributed by atoms with Crippen molar-refractivity contribution in [3.8, 4) is 0 Å². The van der Waals surface area contributed by atoms with Gasteiger partial charge in [0.1, 0.15) is 11.6 Å². The molecule has 1 spiro atoms. The normalized spacial score (nSPS) is 27.3. The SMILES string of the molecule is C=CCN(CCC)C(=O)[C@H]1[C@@H]2OC3(CC2Br)C(C(=O)N(CC=C)c2c(C)cccc2Cl)N([C@@H](CO)Cc2ccccc2)C(=O)[C@H]13. The van der Waals surface area contributed by atoms with E-state index in [2.05, 4.69) is 29.1 Å². The number of hydrogen-bond donors (Lipinski definition) is 1. The van der Waals surface area contributed by atoms with Gasteiger partial charge in [-0.1, -0.05) is 89.1 Å². The van der Waals surface area contributed by atoms with Gasteiger partial charge in [-0.15, -0.1) is 13.2 Å². The maximum Gasteiger partial charge on any atom is 0.253 e. The average molecular weight is 699 g/mol. The minimum atomic E-state index is -1.29. The number of likely N-dealkylation sites (tertiary alicyclic amines) is 1. The van der Waals surface area contributed by atoms with Gasteiger partial charge < -0.3 is 24.5 Å². The Labute approximate surface area is 278 Å². The molecule has 2 bridgehead atoms. The summed E-state index contributed by atoms with van der Waals surface area (Å²) in [7, 11) is 0. The van der Waals surface area contributed by atoms with Gasteiger partial charge >= 0.3 is 0 Å². The van der Waals surface area contributed by atoms with Crippen LogP contribution in [0.4, 0.5) is 5.69 Å². The van der Waals surface area contributed by atoms with E-state index in [1.54, 1.807) is 28.0 Å². The third-order valence-electron chi connectivity index (χ3n) is 9.36. The molecule has 0 aliphatic carbocycles. The van der Waals surface area contributed by atoms with E-state index in [0.717, 1.165) is 17.5 Å². The highest BCUT2D eigenvalue weighted by Crippen LogP contribution is 2.61. The second-order valence-electron chi connectivity index (χ2n) is 12.2. The summed E-state index contributed by atoms with van der Waals surface area (Å²) in [4.78, 5) is 48.6. The first-order chi connectivity index (χ1) is 21.6. The van der Waals surface area contributed by atoms with E-state index < -0.39 is 41.5 Å². The fourth-order valence-corrected chi connectivity index (χ4v) is 8.89. The second kappa shape index (κ2) is 13.8. The molecule has 3 unspecified atom stereocenters. The largest absolute Gasteiger partial charge is 0.394 e. The molecule has 240 valence electrons. The van der Waals surface area contributed by atoms with Crippen LogP contribution in [0.15, 0.2) is 73.8 Å². The number of fused-ring (bicyclic) bond motifs is 1. The van der Waals surface area contributed by atoms with Gasteiger partial charge in [-0.05, 0) is 43.4 Å². The minimum Gasteiger partial charge on any atom is -0.394 e. The molecule has 3 heterocycles. The molecule has 0 radical (unpaired) electrons. The maximum absolute atomic E-state index is 15.1. The van der Waals surface area contributed by atoms with Crippen LogP contribution in [-0.4, -0.2) is 87.5 Å². The van der Waals surface area contributed by atoms with E-state index in [1.165, 1.54) is 4.90 Å². The average Bonchev–Trinajstić information content (AvgIpc) is 3.62. The monoisotopic (exact) mass is 697 g/mol. The van der Waals surface area contributed by atoms with Gasteiger partial charge in [-0.3, -0.25) is 14.4 Å². The molecule has 2 aromatic carbocycles. The minimum absolute atomic E-state index is 0.137. The van der Waals surface area contributed by atoms with E-state index in [0.29, 0.717) is 36.6 Å². The molecule has 3 aliphatic rings. The number of carbonyl (C=O) groups is 3. The number of aliphatic hydroxyl groups is 1. The predicted molar refractivity (Wildman–Crippen MR) is 179 cm³/mol. The number of para-hydroxylation sites is 1. The lowest BCUT2D eigenvalue weighted by Crippen LogP contribution is -2.59. The standard InChI is InChI=1S/C35H41BrClN3O5/c1-5-16-38(17-6-2)32(42)27-28-33(43)40(24(21-41)19-23-13-9-8-10-14-23)31(35(28)20-25(36)30(27)45-35)34(44)39(18-7-3)29-22(4)12-11-15-26(29)37/h5,7-15,24-25,27-28,30-31,41H,1,3,6,16-21H2,2,4H3/t24-,25?,27-,28+,30-,31?,35?/m1/s1. The zero-order valence-electron chi connectivity index (χ0n) is 25.8. The van der Waals surface area contributed by atoms with Gasteiger partial charge in [0.2, 0.25) is 11.8 Å². The Bertz CT molecular complexity index is 1440. The summed E-state index contributed by atoms with van der Waals surface area (Å²) < 4.78 is 6.77. The number of ether oxygens (including phenoxy) is 1. The van der Waals surface area contributed by atoms with Crippen LogP contribution in [0.3, 0.4) is 0 Å². The molecule has 3 aliphatic heterocycles. The molecule has 45 heavy (non-hydrogen) atoms. The summed E-state index contributed by atoms with van der Waals surface area (Å²) in [5, 5.41) is 11.2. The first-order valence-electron chi connectivity index (χ1n) is 15.5. The smallest absolute Gasteiger partial charge is 0.253 e. The Balaban J connectivity index is 1.66. The van der Waals surface area contributed by atoms with Crippen molar-refractivity contribution in [2.24, 2.45) is 11.8 Å². The van der Waals surface area contributed by atoms with Crippen molar-refractivity contribution in [2.45, 2.75) is 61.7 Å². The quantitative estimate of drug-likeness (QED) is 0.237. The van der Waals surface area contributed by atoms with Crippen LogP contribution < -0.4 is 4.90 Å². The van der Waals surface area contributed by atoms with Crippen LogP contribution in [0.25, 0.3) is 0 Å². The Morgan fingerprint density at radius 1 is 1.16 bits per heavy atom. The van der Waals surface area contributed by atoms with E-state index in [4.69, 9.17) is 16.3 Å². The van der Waals surface area contributed by atoms with Crippen molar-refractivity contribution in [3.05, 3.63) is 90.0 Å². The second-order valence-corrected chi connectivity index (χ2v) is 13.7. The number of carbonyl (C=O) groups excluding carboxylic acids is 3. The van der Waals surface area contributed by atoms with Gasteiger partial charge in [0, 0.05) is 24.5 Å². The first kappa shape index (κ1) is 33.4. The van der Waals surface area contributed by atoms with E-state index >= 15 is 4.79 Å². The van der Waals surface area contributed by atoms with E-state index in [-0.39, 0.29) is 29.8 Å². The molecule has 8 nitrogen and oxygen atoms in total. The van der Waals surface area contributed by atoms with Crippen molar-refractivity contribution in [2.75, 3.05) is 31.1 Å². The number of rotatable bonds is 13. The molecule has 3 fully saturated rings. The Morgan fingerprint density at radius 2 is 1.87 bits per heavy atom. The molecule has 2 aromatic rings. The van der Waals surface area contributed by atoms with Crippen LogP contribution in [-0.2, 0) is 25.5 Å². The predicted octanol–water partition coefficient (Wildman–Crippen LogP) is 4.94. The lowest BCUT2D eigenvalue weighted by molar-refractivity contribution is -0.147. The van der Waals surface area contributed by atoms with Gasteiger partial charge in [-0.2, -0.15) is 0 Å². The van der Waals surface area contributed by atoms with Crippen molar-refractivity contribution in [1.29, 1.82) is 0 Å². The van der Waals surface area contributed by atoms with Gasteiger partial charge in [0.25, 0.3) is 5.91 Å². The fourth-order valence-electron chi connectivity index (χ4n) is 7.62. The summed E-state index contributed by atoms with van der Waals surface area (Å²) in [5.41, 5.74) is 0.924. The van der Waals surface area contributed by atoms with Gasteiger partial charge in [-0.25, -0.2) is 0 Å². The number of nitrogens with zero attached hydrogens (tertiary/aromatic N) is 3. The summed E-state index contributed by atoms with van der Waals surface area (Å²) in [5.74, 6) is -2.63. The topological polar surface area (TPSA) is 90.4 Å². The van der Waals surface area contributed by atoms with Gasteiger partial charge in [0.05, 0.1) is 41.3 Å². The number of aliphatic hydroxyl groups excluding tert-OH is 1. The fraction of sp³-hybridized carbons (Fsp3) is 0.457. The van der Waals surface area contributed by atoms with E-state index in [9.17, 15) is 14.7 Å². The summed E-state index contributed by atoms with van der Waals surface area (Å²) in [6.45, 7) is 12.2. The van der Waals surface area contributed by atoms with Crippen molar-refractivity contribution >= 4 is 50.9 Å². The molecule has 5 rings (SSSR count). The lowest BCUT2D eigenvalue weighted by atomic mass is 9.70. The molecule has 0 aromatic heterocycles. The van der Waals surface area contributed by atoms with Crippen LogP contribution in [0, 0.1) is 18.8 Å². The van der Waals surface area contributed by atoms with Crippen LogP contribution in [0.5, 0.6) is 0 Å². The first-order valence-corrected chi connectivity index (χ1v) is 16.8. The summed E-state index contributed by atoms with van der Waals surface area (Å²) >= 11 is 10.5. The molecule has 1 N–H and O–H groups in total. The van der Waals surface area contributed by atoms with Crippen LogP contribution >= 0.6 is 27.5 Å². The van der Waals surface area contributed by atoms with Crippen LogP contribution in [0.2, 0.25) is 5.02 Å². The Hall–Kier alpha value is -2.98. The molecule has 3 amide bonds. The van der Waals surface area contributed by atoms with Crippen molar-refractivity contribution in [1.82, 2.24) is 9.80 Å². The molecule has 7 atom stereocenters. The lowest BCUT2D eigenvalue weighted by Gasteiger charge is -2.40. The van der Waals surface area contributed by atoms with Crippen molar-refractivity contribution in [3.63, 3.8) is 0 Å². The third-order valence-corrected chi connectivity index (χ3v) is 10.5. The molecule has 3 saturated heterocycles. The van der Waals surface area contributed by atoms with Crippen LogP contribution in [0.1, 0.15) is 30.9 Å². The summed E-state index contributed by atoms with van der Waals surface area (Å²) in [6.07, 6.45) is 4.12. The number of aryl methyl sites for hydroxylation is 1. The number of amides is 3.